The molecule has 21 heavy (non-hydrogen) atoms. The van der Waals surface area contributed by atoms with Crippen molar-refractivity contribution in [1.29, 1.82) is 0 Å². The van der Waals surface area contributed by atoms with Crippen LogP contribution in [0.5, 0.6) is 0 Å². The Bertz CT molecular complexity index is 754. The first-order valence-electron chi connectivity index (χ1n) is 6.81. The largest absolute Gasteiger partial charge is 0.420 e. The molecule has 1 amide bonds. The lowest BCUT2D eigenvalue weighted by atomic mass is 10.0. The highest BCUT2D eigenvalue weighted by Gasteiger charge is 2.27. The Balaban J connectivity index is 1.83. The fraction of sp³-hybridized carbons (Fsp3) is 0.333. The van der Waals surface area contributed by atoms with Crippen LogP contribution in [0, 0.1) is 0 Å². The third kappa shape index (κ3) is 2.37. The number of hydrogen-bond donors (Lipinski definition) is 0. The average molecular weight is 290 g/mol. The summed E-state index contributed by atoms with van der Waals surface area (Å²) in [4.78, 5) is 25.0. The number of para-hydroxylation sites is 2. The minimum atomic E-state index is -0.945. The van der Waals surface area contributed by atoms with Gasteiger partial charge in [-0.1, -0.05) is 18.7 Å². The summed E-state index contributed by atoms with van der Waals surface area (Å²) < 4.78 is 19.7. The lowest BCUT2D eigenvalue weighted by Crippen LogP contribution is -2.40. The number of rotatable bonds is 2. The van der Waals surface area contributed by atoms with Crippen LogP contribution < -0.4 is 5.76 Å². The summed E-state index contributed by atoms with van der Waals surface area (Å²) in [6, 6.07) is 7.20. The van der Waals surface area contributed by atoms with Gasteiger partial charge in [-0.25, -0.2) is 9.18 Å². The highest BCUT2D eigenvalue weighted by molar-refractivity contribution is 5.90. The van der Waals surface area contributed by atoms with Crippen LogP contribution in [0.25, 0.3) is 11.1 Å². The molecule has 0 spiro atoms. The predicted octanol–water partition coefficient (Wildman–Crippen LogP) is 2.24. The molecule has 1 aliphatic heterocycles. The van der Waals surface area contributed by atoms with Gasteiger partial charge in [0, 0.05) is 19.1 Å². The number of amides is 1. The van der Waals surface area contributed by atoms with Gasteiger partial charge in [-0.05, 0) is 25.0 Å². The van der Waals surface area contributed by atoms with Crippen molar-refractivity contribution in [2.24, 2.45) is 0 Å². The number of piperidine rings is 1. The number of aromatic nitrogens is 1. The van der Waals surface area contributed by atoms with Gasteiger partial charge < -0.3 is 9.32 Å². The fourth-order valence-corrected chi connectivity index (χ4v) is 2.83. The topological polar surface area (TPSA) is 55.5 Å². The summed E-state index contributed by atoms with van der Waals surface area (Å²) in [5.74, 6) is -2.01. The van der Waals surface area contributed by atoms with E-state index in [-0.39, 0.29) is 6.04 Å². The van der Waals surface area contributed by atoms with Gasteiger partial charge in [0.25, 0.3) is 5.91 Å². The quantitative estimate of drug-likeness (QED) is 0.797. The monoisotopic (exact) mass is 290 g/mol. The Kier molecular flexibility index (Phi) is 3.37. The highest BCUT2D eigenvalue weighted by atomic mass is 19.1. The molecule has 1 aliphatic rings. The molecule has 0 bridgehead atoms. The van der Waals surface area contributed by atoms with E-state index in [0.717, 1.165) is 5.52 Å². The number of halogens is 1. The van der Waals surface area contributed by atoms with Crippen molar-refractivity contribution < 1.29 is 13.6 Å². The lowest BCUT2D eigenvalue weighted by molar-refractivity contribution is -0.129. The maximum Gasteiger partial charge on any atom is 0.420 e. The second-order valence-electron chi connectivity index (χ2n) is 5.13. The summed E-state index contributed by atoms with van der Waals surface area (Å²) in [6.45, 7) is 3.83. The summed E-state index contributed by atoms with van der Waals surface area (Å²) in [7, 11) is 0. The molecule has 0 saturated carbocycles. The summed E-state index contributed by atoms with van der Waals surface area (Å²) >= 11 is 0. The number of likely N-dealkylation sites (tertiary alicyclic amines) is 1. The van der Waals surface area contributed by atoms with Crippen LogP contribution in [0.4, 0.5) is 4.39 Å². The number of carbonyl (C=O) groups excluding carboxylic acids is 1. The normalized spacial score (nSPS) is 16.3. The van der Waals surface area contributed by atoms with E-state index in [0.29, 0.717) is 31.5 Å². The van der Waals surface area contributed by atoms with Gasteiger partial charge in [0.1, 0.15) is 0 Å². The number of carbonyl (C=O) groups is 1. The second-order valence-corrected chi connectivity index (χ2v) is 5.13. The van der Waals surface area contributed by atoms with E-state index in [2.05, 4.69) is 6.58 Å². The minimum absolute atomic E-state index is 0.0434. The molecular weight excluding hydrogens is 275 g/mol. The number of nitrogens with zero attached hydrogens (tertiary/aromatic N) is 2. The first-order chi connectivity index (χ1) is 10.1. The molecule has 0 aliphatic carbocycles. The van der Waals surface area contributed by atoms with E-state index in [1.807, 2.05) is 18.2 Å². The van der Waals surface area contributed by atoms with Crippen molar-refractivity contribution in [2.75, 3.05) is 13.1 Å². The smallest absolute Gasteiger partial charge is 0.408 e. The van der Waals surface area contributed by atoms with Crippen molar-refractivity contribution in [1.82, 2.24) is 9.47 Å². The third-order valence-corrected chi connectivity index (χ3v) is 3.87. The van der Waals surface area contributed by atoms with Gasteiger partial charge in [0.05, 0.1) is 5.52 Å². The van der Waals surface area contributed by atoms with Crippen molar-refractivity contribution >= 4 is 17.0 Å². The Morgan fingerprint density at radius 3 is 2.62 bits per heavy atom. The second kappa shape index (κ2) is 5.20. The molecule has 1 aromatic carbocycles. The van der Waals surface area contributed by atoms with Crippen molar-refractivity contribution in [2.45, 2.75) is 18.9 Å². The number of fused-ring (bicyclic) bond motifs is 1. The summed E-state index contributed by atoms with van der Waals surface area (Å²) in [5.41, 5.74) is 1.31. The highest BCUT2D eigenvalue weighted by Crippen LogP contribution is 2.26. The fourth-order valence-electron chi connectivity index (χ4n) is 2.83. The Morgan fingerprint density at radius 2 is 1.95 bits per heavy atom. The number of oxazole rings is 1. The molecular formula is C15H15FN2O3. The zero-order valence-electron chi connectivity index (χ0n) is 11.4. The third-order valence-electron chi connectivity index (χ3n) is 3.87. The Labute approximate surface area is 120 Å². The zero-order chi connectivity index (χ0) is 15.0. The van der Waals surface area contributed by atoms with Gasteiger partial charge in [0.2, 0.25) is 0 Å². The van der Waals surface area contributed by atoms with Crippen LogP contribution in [-0.4, -0.2) is 28.5 Å². The first kappa shape index (κ1) is 13.6. The van der Waals surface area contributed by atoms with Crippen LogP contribution in [-0.2, 0) is 4.79 Å². The van der Waals surface area contributed by atoms with Crippen LogP contribution >= 0.6 is 0 Å². The van der Waals surface area contributed by atoms with E-state index >= 15 is 0 Å². The Morgan fingerprint density at radius 1 is 1.29 bits per heavy atom. The van der Waals surface area contributed by atoms with Gasteiger partial charge >= 0.3 is 5.76 Å². The molecule has 1 saturated heterocycles. The molecule has 5 nitrogen and oxygen atoms in total. The van der Waals surface area contributed by atoms with Gasteiger partial charge in [-0.2, -0.15) is 0 Å². The summed E-state index contributed by atoms with van der Waals surface area (Å²) in [6.07, 6.45) is 1.17. The van der Waals surface area contributed by atoms with Gasteiger partial charge in [-0.3, -0.25) is 9.36 Å². The van der Waals surface area contributed by atoms with Crippen LogP contribution in [0.15, 0.2) is 45.9 Å². The minimum Gasteiger partial charge on any atom is -0.408 e. The molecule has 0 radical (unpaired) electrons. The van der Waals surface area contributed by atoms with Crippen molar-refractivity contribution in [3.8, 4) is 0 Å². The lowest BCUT2D eigenvalue weighted by Gasteiger charge is -2.31. The number of hydrogen-bond acceptors (Lipinski definition) is 3. The molecule has 1 aromatic heterocycles. The molecule has 2 aromatic rings. The first-order valence-corrected chi connectivity index (χ1v) is 6.81. The van der Waals surface area contributed by atoms with E-state index < -0.39 is 17.5 Å². The standard InChI is InChI=1S/C15H15FN2O3/c1-10(16)14(19)17-8-6-11(7-9-17)18-12-4-2-3-5-13(12)21-15(18)20/h2-5,11H,1,6-9H2. The van der Waals surface area contributed by atoms with E-state index in [1.54, 1.807) is 10.6 Å². The van der Waals surface area contributed by atoms with Crippen LogP contribution in [0.1, 0.15) is 18.9 Å². The molecule has 110 valence electrons. The van der Waals surface area contributed by atoms with Crippen LogP contribution in [0.3, 0.4) is 0 Å². The van der Waals surface area contributed by atoms with E-state index in [9.17, 15) is 14.0 Å². The van der Waals surface area contributed by atoms with Gasteiger partial charge in [0.15, 0.2) is 11.4 Å². The molecule has 0 atom stereocenters. The summed E-state index contributed by atoms with van der Waals surface area (Å²) in [5, 5.41) is 0. The zero-order valence-corrected chi connectivity index (χ0v) is 11.4. The van der Waals surface area contributed by atoms with E-state index in [4.69, 9.17) is 4.42 Å². The number of benzene rings is 1. The molecule has 6 heteroatoms. The maximum atomic E-state index is 12.9. The molecule has 0 N–H and O–H groups in total. The van der Waals surface area contributed by atoms with Gasteiger partial charge in [-0.15, -0.1) is 0 Å². The predicted molar refractivity (Wildman–Crippen MR) is 75.6 cm³/mol. The molecule has 0 unspecified atom stereocenters. The average Bonchev–Trinajstić information content (AvgIpc) is 2.82. The SMILES string of the molecule is C=C(F)C(=O)N1CCC(n2c(=O)oc3ccccc32)CC1. The Hall–Kier alpha value is -2.37. The maximum absolute atomic E-state index is 12.9. The van der Waals surface area contributed by atoms with Crippen molar-refractivity contribution in [3.05, 3.63) is 47.2 Å². The van der Waals surface area contributed by atoms with E-state index in [1.165, 1.54) is 4.90 Å². The molecule has 1 fully saturated rings. The molecule has 2 heterocycles. The van der Waals surface area contributed by atoms with Crippen LogP contribution in [0.2, 0.25) is 0 Å². The molecule has 3 rings (SSSR count). The van der Waals surface area contributed by atoms with Crippen molar-refractivity contribution in [3.63, 3.8) is 0 Å².